The molecular formula is C18H19N5O3S. The Morgan fingerprint density at radius 3 is 2.85 bits per heavy atom. The lowest BCUT2D eigenvalue weighted by molar-refractivity contribution is -0.384. The molecule has 1 aliphatic heterocycles. The number of hydrogen-bond donors (Lipinski definition) is 0. The molecule has 8 nitrogen and oxygen atoms in total. The van der Waals surface area contributed by atoms with Crippen molar-refractivity contribution in [3.8, 4) is 0 Å². The van der Waals surface area contributed by atoms with Crippen LogP contribution in [0.4, 0.5) is 11.4 Å². The van der Waals surface area contributed by atoms with Gasteiger partial charge in [-0.3, -0.25) is 14.9 Å². The van der Waals surface area contributed by atoms with Crippen LogP contribution in [0.1, 0.15) is 31.0 Å². The third-order valence-corrected chi connectivity index (χ3v) is 5.99. The molecule has 1 atom stereocenters. The maximum absolute atomic E-state index is 12.9. The Balaban J connectivity index is 1.52. The van der Waals surface area contributed by atoms with Gasteiger partial charge in [0.05, 0.1) is 15.9 Å². The molecule has 2 aromatic rings. The van der Waals surface area contributed by atoms with Crippen molar-refractivity contribution < 1.29 is 9.72 Å². The largest absolute Gasteiger partial charge is 0.311 e. The van der Waals surface area contributed by atoms with E-state index in [4.69, 9.17) is 0 Å². The summed E-state index contributed by atoms with van der Waals surface area (Å²) < 4.78 is 2.04. The Hall–Kier alpha value is -2.68. The number of aromatic nitrogens is 3. The molecule has 1 aliphatic carbocycles. The van der Waals surface area contributed by atoms with Gasteiger partial charge in [0.15, 0.2) is 5.16 Å². The number of hydrogen-bond acceptors (Lipinski definition) is 6. The van der Waals surface area contributed by atoms with E-state index in [0.717, 1.165) is 23.8 Å². The van der Waals surface area contributed by atoms with Gasteiger partial charge in [-0.05, 0) is 25.3 Å². The second-order valence-electron chi connectivity index (χ2n) is 6.68. The molecule has 4 rings (SSSR count). The fourth-order valence-electron chi connectivity index (χ4n) is 3.25. The van der Waals surface area contributed by atoms with Crippen LogP contribution in [0.5, 0.6) is 0 Å². The molecule has 1 unspecified atom stereocenters. The predicted molar refractivity (Wildman–Crippen MR) is 102 cm³/mol. The monoisotopic (exact) mass is 385 g/mol. The highest BCUT2D eigenvalue weighted by Gasteiger charge is 2.36. The molecule has 1 amide bonds. The molecule has 0 spiro atoms. The van der Waals surface area contributed by atoms with Crippen molar-refractivity contribution in [2.45, 2.75) is 42.1 Å². The number of nitro benzene ring substituents is 1. The topological polar surface area (TPSA) is 94.2 Å². The molecule has 27 heavy (non-hydrogen) atoms. The van der Waals surface area contributed by atoms with Crippen LogP contribution in [0.25, 0.3) is 0 Å². The molecule has 1 aromatic heterocycles. The maximum Gasteiger partial charge on any atom is 0.271 e. The van der Waals surface area contributed by atoms with Gasteiger partial charge < -0.3 is 9.47 Å². The number of nitro groups is 1. The van der Waals surface area contributed by atoms with Crippen LogP contribution in [-0.2, 0) is 11.3 Å². The summed E-state index contributed by atoms with van der Waals surface area (Å²) in [4.78, 5) is 25.0. The van der Waals surface area contributed by atoms with E-state index in [1.807, 2.05) is 10.6 Å². The standard InChI is InChI=1S/C18H19N5O3S/c1-2-9-22-16(12-6-7-12)19-20-18(22)27-15-8-10-21(17(15)24)13-4-3-5-14(11-13)23(25)26/h2-5,11-12,15H,1,6-10H2. The summed E-state index contributed by atoms with van der Waals surface area (Å²) in [7, 11) is 0. The lowest BCUT2D eigenvalue weighted by Gasteiger charge is -2.16. The maximum atomic E-state index is 12.9. The van der Waals surface area contributed by atoms with Gasteiger partial charge in [-0.2, -0.15) is 0 Å². The van der Waals surface area contributed by atoms with Gasteiger partial charge in [0.1, 0.15) is 5.82 Å². The number of allylic oxidation sites excluding steroid dienone is 1. The molecule has 1 saturated heterocycles. The summed E-state index contributed by atoms with van der Waals surface area (Å²) >= 11 is 1.42. The molecule has 2 heterocycles. The van der Waals surface area contributed by atoms with E-state index < -0.39 is 4.92 Å². The smallest absolute Gasteiger partial charge is 0.271 e. The summed E-state index contributed by atoms with van der Waals surface area (Å²) in [5, 5.41) is 20.1. The molecule has 140 valence electrons. The minimum Gasteiger partial charge on any atom is -0.311 e. The van der Waals surface area contributed by atoms with E-state index in [0.29, 0.717) is 31.1 Å². The second kappa shape index (κ2) is 7.15. The number of anilines is 1. The Labute approximate surface area is 160 Å². The number of amides is 1. The number of rotatable bonds is 7. The lowest BCUT2D eigenvalue weighted by Crippen LogP contribution is -2.28. The number of non-ortho nitro benzene ring substituents is 1. The van der Waals surface area contributed by atoms with Gasteiger partial charge in [0.25, 0.3) is 5.69 Å². The van der Waals surface area contributed by atoms with Crippen LogP contribution >= 0.6 is 11.8 Å². The normalized spacial score (nSPS) is 19.5. The zero-order chi connectivity index (χ0) is 19.0. The van der Waals surface area contributed by atoms with Crippen molar-refractivity contribution >= 4 is 29.0 Å². The van der Waals surface area contributed by atoms with Crippen LogP contribution in [0.3, 0.4) is 0 Å². The average molecular weight is 385 g/mol. The van der Waals surface area contributed by atoms with Crippen LogP contribution in [0, 0.1) is 10.1 Å². The average Bonchev–Trinajstić information content (AvgIpc) is 3.34. The Kier molecular flexibility index (Phi) is 4.69. The summed E-state index contributed by atoms with van der Waals surface area (Å²) in [6.45, 7) is 4.95. The third kappa shape index (κ3) is 3.46. The van der Waals surface area contributed by atoms with Gasteiger partial charge >= 0.3 is 0 Å². The molecule has 2 fully saturated rings. The zero-order valence-corrected chi connectivity index (χ0v) is 15.5. The van der Waals surface area contributed by atoms with Crippen LogP contribution in [-0.4, -0.2) is 37.4 Å². The molecule has 0 bridgehead atoms. The van der Waals surface area contributed by atoms with Crippen molar-refractivity contribution in [3.63, 3.8) is 0 Å². The van der Waals surface area contributed by atoms with E-state index in [9.17, 15) is 14.9 Å². The van der Waals surface area contributed by atoms with E-state index in [-0.39, 0.29) is 16.8 Å². The minimum absolute atomic E-state index is 0.0174. The highest BCUT2D eigenvalue weighted by atomic mass is 32.2. The summed E-state index contributed by atoms with van der Waals surface area (Å²) in [5.74, 6) is 1.38. The quantitative estimate of drug-likeness (QED) is 0.413. The first kappa shape index (κ1) is 17.7. The fourth-order valence-corrected chi connectivity index (χ4v) is 4.34. The van der Waals surface area contributed by atoms with Crippen LogP contribution < -0.4 is 4.90 Å². The SMILES string of the molecule is C=CCn1c(SC2CCN(c3cccc([N+](=O)[O-])c3)C2=O)nnc1C1CC1. The predicted octanol–water partition coefficient (Wildman–Crippen LogP) is 3.15. The second-order valence-corrected chi connectivity index (χ2v) is 7.85. The summed E-state index contributed by atoms with van der Waals surface area (Å²) in [5.41, 5.74) is 0.541. The number of nitrogens with zero attached hydrogens (tertiary/aromatic N) is 5. The van der Waals surface area contributed by atoms with Crippen molar-refractivity contribution in [2.24, 2.45) is 0 Å². The molecule has 1 saturated carbocycles. The minimum atomic E-state index is -0.451. The highest BCUT2D eigenvalue weighted by Crippen LogP contribution is 2.41. The Morgan fingerprint density at radius 1 is 1.33 bits per heavy atom. The summed E-state index contributed by atoms with van der Waals surface area (Å²) in [6.07, 6.45) is 4.73. The molecule has 9 heteroatoms. The summed E-state index contributed by atoms with van der Waals surface area (Å²) in [6, 6.07) is 6.19. The van der Waals surface area contributed by atoms with Gasteiger partial charge in [0.2, 0.25) is 5.91 Å². The van der Waals surface area contributed by atoms with Crippen molar-refractivity contribution in [1.29, 1.82) is 0 Å². The molecular weight excluding hydrogens is 366 g/mol. The third-order valence-electron chi connectivity index (χ3n) is 4.76. The van der Waals surface area contributed by atoms with Gasteiger partial charge in [-0.15, -0.1) is 16.8 Å². The van der Waals surface area contributed by atoms with E-state index >= 15 is 0 Å². The first-order valence-corrected chi connectivity index (χ1v) is 9.73. The van der Waals surface area contributed by atoms with Gasteiger partial charge in [-0.1, -0.05) is 23.9 Å². The molecule has 2 aliphatic rings. The Morgan fingerprint density at radius 2 is 2.15 bits per heavy atom. The Bertz CT molecular complexity index is 908. The fraction of sp³-hybridized carbons (Fsp3) is 0.389. The first-order chi connectivity index (χ1) is 13.1. The van der Waals surface area contributed by atoms with Crippen molar-refractivity contribution in [2.75, 3.05) is 11.4 Å². The van der Waals surface area contributed by atoms with Crippen LogP contribution in [0.2, 0.25) is 0 Å². The first-order valence-electron chi connectivity index (χ1n) is 8.85. The number of thioether (sulfide) groups is 1. The molecule has 1 aromatic carbocycles. The molecule has 0 radical (unpaired) electrons. The highest BCUT2D eigenvalue weighted by molar-refractivity contribution is 8.00. The van der Waals surface area contributed by atoms with E-state index in [2.05, 4.69) is 16.8 Å². The zero-order valence-electron chi connectivity index (χ0n) is 14.7. The van der Waals surface area contributed by atoms with Gasteiger partial charge in [0, 0.05) is 31.1 Å². The van der Waals surface area contributed by atoms with Crippen molar-refractivity contribution in [3.05, 3.63) is 52.9 Å². The number of carbonyl (C=O) groups excluding carboxylic acids is 1. The number of carbonyl (C=O) groups is 1. The van der Waals surface area contributed by atoms with Crippen LogP contribution in [0.15, 0.2) is 42.1 Å². The van der Waals surface area contributed by atoms with Crippen molar-refractivity contribution in [1.82, 2.24) is 14.8 Å². The molecule has 0 N–H and O–H groups in total. The van der Waals surface area contributed by atoms with E-state index in [1.165, 1.54) is 23.9 Å². The van der Waals surface area contributed by atoms with E-state index in [1.54, 1.807) is 17.0 Å². The number of benzene rings is 1. The van der Waals surface area contributed by atoms with Gasteiger partial charge in [-0.25, -0.2) is 0 Å². The lowest BCUT2D eigenvalue weighted by atomic mass is 10.2.